The highest BCUT2D eigenvalue weighted by Crippen LogP contribution is 2.07. The van der Waals surface area contributed by atoms with Gasteiger partial charge in [0.05, 0.1) is 24.3 Å². The molecular weight excluding hydrogens is 230 g/mol. The molecule has 0 saturated carbocycles. The van der Waals surface area contributed by atoms with Gasteiger partial charge in [-0.15, -0.1) is 0 Å². The summed E-state index contributed by atoms with van der Waals surface area (Å²) in [5.41, 5.74) is 0. The Hall–Kier alpha value is -1.14. The van der Waals surface area contributed by atoms with E-state index in [0.29, 0.717) is 18.8 Å². The molecule has 0 unspecified atom stereocenters. The second-order valence-corrected chi connectivity index (χ2v) is 6.13. The quantitative estimate of drug-likeness (QED) is 0.709. The zero-order chi connectivity index (χ0) is 11.6. The second kappa shape index (κ2) is 4.39. The Morgan fingerprint density at radius 2 is 2.06 bits per heavy atom. The van der Waals surface area contributed by atoms with E-state index in [-0.39, 0.29) is 23.8 Å². The van der Waals surface area contributed by atoms with Crippen molar-refractivity contribution in [2.45, 2.75) is 0 Å². The van der Waals surface area contributed by atoms with Crippen LogP contribution >= 0.6 is 0 Å². The molecule has 88 valence electrons. The van der Waals surface area contributed by atoms with Crippen LogP contribution in [0.4, 0.5) is 0 Å². The van der Waals surface area contributed by atoms with Crippen molar-refractivity contribution in [2.24, 2.45) is 0 Å². The maximum atomic E-state index is 11.7. The first-order valence-corrected chi connectivity index (χ1v) is 6.88. The number of sulfone groups is 1. The molecule has 0 N–H and O–H groups in total. The Kier molecular flexibility index (Phi) is 3.11. The van der Waals surface area contributed by atoms with Crippen molar-refractivity contribution in [1.82, 2.24) is 4.90 Å². The summed E-state index contributed by atoms with van der Waals surface area (Å²) in [5, 5.41) is 0. The SMILES string of the molecule is O=C(CN1CCS(=O)(=O)CC1)c1ccco1. The van der Waals surface area contributed by atoms with Gasteiger partial charge in [0, 0.05) is 13.1 Å². The highest BCUT2D eigenvalue weighted by molar-refractivity contribution is 7.91. The molecule has 1 aliphatic heterocycles. The van der Waals surface area contributed by atoms with E-state index in [0.717, 1.165) is 0 Å². The van der Waals surface area contributed by atoms with Gasteiger partial charge in [0.25, 0.3) is 0 Å². The Labute approximate surface area is 94.0 Å². The van der Waals surface area contributed by atoms with Crippen LogP contribution in [0.3, 0.4) is 0 Å². The van der Waals surface area contributed by atoms with E-state index in [1.54, 1.807) is 12.1 Å². The Balaban J connectivity index is 1.90. The van der Waals surface area contributed by atoms with Gasteiger partial charge in [0.15, 0.2) is 15.6 Å². The number of rotatable bonds is 3. The lowest BCUT2D eigenvalue weighted by Gasteiger charge is -2.25. The molecule has 1 aromatic rings. The lowest BCUT2D eigenvalue weighted by Crippen LogP contribution is -2.42. The molecule has 1 saturated heterocycles. The van der Waals surface area contributed by atoms with Crippen LogP contribution in [0.15, 0.2) is 22.8 Å². The first kappa shape index (κ1) is 11.3. The molecule has 0 aliphatic carbocycles. The Morgan fingerprint density at radius 1 is 1.38 bits per heavy atom. The van der Waals surface area contributed by atoms with E-state index < -0.39 is 9.84 Å². The maximum Gasteiger partial charge on any atom is 0.211 e. The number of furan rings is 1. The molecule has 1 aromatic heterocycles. The summed E-state index contributed by atoms with van der Waals surface area (Å²) in [4.78, 5) is 13.5. The summed E-state index contributed by atoms with van der Waals surface area (Å²) in [5.74, 6) is 0.495. The van der Waals surface area contributed by atoms with E-state index in [4.69, 9.17) is 4.42 Å². The fourth-order valence-electron chi connectivity index (χ4n) is 1.63. The van der Waals surface area contributed by atoms with Gasteiger partial charge in [-0.3, -0.25) is 9.69 Å². The lowest BCUT2D eigenvalue weighted by atomic mass is 10.3. The van der Waals surface area contributed by atoms with Gasteiger partial charge in [-0.2, -0.15) is 0 Å². The number of hydrogen-bond acceptors (Lipinski definition) is 5. The van der Waals surface area contributed by atoms with Gasteiger partial charge in [0.2, 0.25) is 5.78 Å². The van der Waals surface area contributed by atoms with Crippen LogP contribution < -0.4 is 0 Å². The minimum Gasteiger partial charge on any atom is -0.461 e. The summed E-state index contributed by atoms with van der Waals surface area (Å²) in [6.45, 7) is 1.08. The molecule has 1 aliphatic rings. The van der Waals surface area contributed by atoms with Crippen molar-refractivity contribution >= 4 is 15.6 Å². The van der Waals surface area contributed by atoms with Crippen molar-refractivity contribution in [1.29, 1.82) is 0 Å². The smallest absolute Gasteiger partial charge is 0.211 e. The number of nitrogens with zero attached hydrogens (tertiary/aromatic N) is 1. The fourth-order valence-corrected chi connectivity index (χ4v) is 2.90. The fraction of sp³-hybridized carbons (Fsp3) is 0.500. The maximum absolute atomic E-state index is 11.7. The van der Waals surface area contributed by atoms with Crippen molar-refractivity contribution in [3.8, 4) is 0 Å². The normalized spacial score (nSPS) is 20.8. The molecule has 2 heterocycles. The van der Waals surface area contributed by atoms with Gasteiger partial charge in [-0.1, -0.05) is 0 Å². The minimum atomic E-state index is -2.88. The summed E-state index contributed by atoms with van der Waals surface area (Å²) < 4.78 is 27.3. The van der Waals surface area contributed by atoms with E-state index in [2.05, 4.69) is 0 Å². The third kappa shape index (κ3) is 2.70. The van der Waals surface area contributed by atoms with Crippen LogP contribution in [0.25, 0.3) is 0 Å². The molecule has 0 bridgehead atoms. The highest BCUT2D eigenvalue weighted by Gasteiger charge is 2.23. The first-order valence-electron chi connectivity index (χ1n) is 5.06. The highest BCUT2D eigenvalue weighted by atomic mass is 32.2. The average Bonchev–Trinajstić information content (AvgIpc) is 2.74. The molecule has 2 rings (SSSR count). The molecule has 16 heavy (non-hydrogen) atoms. The molecule has 0 amide bonds. The molecule has 6 heteroatoms. The van der Waals surface area contributed by atoms with Gasteiger partial charge in [-0.25, -0.2) is 8.42 Å². The van der Waals surface area contributed by atoms with Crippen LogP contribution in [0.2, 0.25) is 0 Å². The van der Waals surface area contributed by atoms with Crippen LogP contribution in [0.1, 0.15) is 10.6 Å². The van der Waals surface area contributed by atoms with Crippen LogP contribution in [0.5, 0.6) is 0 Å². The summed E-state index contributed by atoms with van der Waals surface area (Å²) in [7, 11) is -2.88. The van der Waals surface area contributed by atoms with E-state index in [1.807, 2.05) is 4.90 Å². The molecule has 5 nitrogen and oxygen atoms in total. The predicted octanol–water partition coefficient (Wildman–Crippen LogP) is 0.193. The molecule has 0 spiro atoms. The Morgan fingerprint density at radius 3 is 2.62 bits per heavy atom. The predicted molar refractivity (Wildman–Crippen MR) is 58.1 cm³/mol. The largest absolute Gasteiger partial charge is 0.461 e. The van der Waals surface area contributed by atoms with Gasteiger partial charge in [-0.05, 0) is 12.1 Å². The zero-order valence-electron chi connectivity index (χ0n) is 8.76. The lowest BCUT2D eigenvalue weighted by molar-refractivity contribution is 0.0908. The number of ketones is 1. The molecule has 0 atom stereocenters. The summed E-state index contributed by atoms with van der Waals surface area (Å²) in [6.07, 6.45) is 1.45. The second-order valence-electron chi connectivity index (χ2n) is 3.83. The van der Waals surface area contributed by atoms with Crippen molar-refractivity contribution < 1.29 is 17.6 Å². The van der Waals surface area contributed by atoms with Crippen molar-refractivity contribution in [3.63, 3.8) is 0 Å². The minimum absolute atomic E-state index is 0.107. The Bertz CT molecular complexity index is 449. The summed E-state index contributed by atoms with van der Waals surface area (Å²) in [6, 6.07) is 3.27. The topological polar surface area (TPSA) is 67.6 Å². The summed E-state index contributed by atoms with van der Waals surface area (Å²) >= 11 is 0. The van der Waals surface area contributed by atoms with Crippen LogP contribution in [0, 0.1) is 0 Å². The molecular formula is C10H13NO4S. The van der Waals surface area contributed by atoms with Gasteiger partial charge < -0.3 is 4.42 Å². The first-order chi connectivity index (χ1) is 7.57. The number of carbonyl (C=O) groups is 1. The third-order valence-electron chi connectivity index (χ3n) is 2.60. The molecule has 1 fully saturated rings. The van der Waals surface area contributed by atoms with E-state index in [9.17, 15) is 13.2 Å². The van der Waals surface area contributed by atoms with Crippen molar-refractivity contribution in [2.75, 3.05) is 31.1 Å². The number of hydrogen-bond donors (Lipinski definition) is 0. The number of Topliss-reactive ketones (excluding diaryl/α,β-unsaturated/α-hetero) is 1. The van der Waals surface area contributed by atoms with E-state index >= 15 is 0 Å². The standard InChI is InChI=1S/C10H13NO4S/c12-9(10-2-1-5-15-10)8-11-3-6-16(13,14)7-4-11/h1-2,5H,3-4,6-8H2. The van der Waals surface area contributed by atoms with Crippen LogP contribution in [-0.4, -0.2) is 50.2 Å². The third-order valence-corrected chi connectivity index (χ3v) is 4.21. The molecule has 0 radical (unpaired) electrons. The van der Waals surface area contributed by atoms with Crippen LogP contribution in [-0.2, 0) is 9.84 Å². The molecule has 0 aromatic carbocycles. The van der Waals surface area contributed by atoms with Gasteiger partial charge in [0.1, 0.15) is 0 Å². The van der Waals surface area contributed by atoms with Crippen molar-refractivity contribution in [3.05, 3.63) is 24.2 Å². The van der Waals surface area contributed by atoms with E-state index in [1.165, 1.54) is 6.26 Å². The average molecular weight is 243 g/mol. The van der Waals surface area contributed by atoms with Gasteiger partial charge >= 0.3 is 0 Å². The number of carbonyl (C=O) groups excluding carboxylic acids is 1. The monoisotopic (exact) mass is 243 g/mol. The zero-order valence-corrected chi connectivity index (χ0v) is 9.57.